The monoisotopic (exact) mass is 449 g/mol. The van der Waals surface area contributed by atoms with Crippen molar-refractivity contribution < 1.29 is 22.7 Å². The summed E-state index contributed by atoms with van der Waals surface area (Å²) in [6.07, 6.45) is 3.41. The van der Waals surface area contributed by atoms with Crippen molar-refractivity contribution in [3.05, 3.63) is 23.8 Å². The Balaban J connectivity index is 1.42. The van der Waals surface area contributed by atoms with E-state index < -0.39 is 22.3 Å². The highest BCUT2D eigenvalue weighted by atomic mass is 32.2. The average Bonchev–Trinajstić information content (AvgIpc) is 3.23. The molecular weight excluding hydrogens is 418 g/mol. The van der Waals surface area contributed by atoms with Gasteiger partial charge in [-0.25, -0.2) is 0 Å². The van der Waals surface area contributed by atoms with E-state index in [1.165, 1.54) is 11.4 Å². The number of ether oxygens (including phenoxy) is 2. The van der Waals surface area contributed by atoms with Gasteiger partial charge in [-0.1, -0.05) is 26.8 Å². The summed E-state index contributed by atoms with van der Waals surface area (Å²) in [6, 6.07) is 4.37. The van der Waals surface area contributed by atoms with E-state index in [0.29, 0.717) is 24.5 Å². The van der Waals surface area contributed by atoms with E-state index in [9.17, 15) is 13.2 Å². The number of fused-ring (bicyclic) bond motifs is 3. The van der Waals surface area contributed by atoms with E-state index in [0.717, 1.165) is 24.8 Å². The molecule has 0 radical (unpaired) electrons. The number of nitrogens with zero attached hydrogens (tertiary/aromatic N) is 2. The zero-order chi connectivity index (χ0) is 22.2. The second kappa shape index (κ2) is 6.83. The molecule has 3 heterocycles. The number of hydrogen-bond donors (Lipinski definition) is 1. The predicted octanol–water partition coefficient (Wildman–Crippen LogP) is 2.42. The van der Waals surface area contributed by atoms with Crippen LogP contribution in [0.25, 0.3) is 0 Å². The maximum absolute atomic E-state index is 13.7. The standard InChI is InChI=1S/C22H31N3O5S/c1-21(2)9-15-10-22(3,11-21)12-25(15)20(26)17-8-16(23-31(27,28)24(17)4)14-5-6-18-19(7-14)30-13-29-18/h5-7,15-17,23H,8-13H2,1-4H3. The zero-order valence-electron chi connectivity index (χ0n) is 18.6. The number of likely N-dealkylation sites (N-methyl/N-ethyl adjacent to an activating group) is 1. The molecule has 3 fully saturated rings. The number of benzene rings is 1. The van der Waals surface area contributed by atoms with Gasteiger partial charge in [0.1, 0.15) is 6.04 Å². The first-order valence-corrected chi connectivity index (χ1v) is 12.4. The van der Waals surface area contributed by atoms with Crippen molar-refractivity contribution in [1.29, 1.82) is 0 Å². The summed E-state index contributed by atoms with van der Waals surface area (Å²) >= 11 is 0. The largest absolute Gasteiger partial charge is 0.454 e. The van der Waals surface area contributed by atoms with Gasteiger partial charge in [0.2, 0.25) is 12.7 Å². The van der Waals surface area contributed by atoms with Gasteiger partial charge >= 0.3 is 0 Å². The molecule has 8 nitrogen and oxygen atoms in total. The Morgan fingerprint density at radius 1 is 1.16 bits per heavy atom. The lowest BCUT2D eigenvalue weighted by Gasteiger charge is -2.41. The minimum atomic E-state index is -3.79. The number of hydrogen-bond acceptors (Lipinski definition) is 5. The fourth-order valence-electron chi connectivity index (χ4n) is 6.35. The van der Waals surface area contributed by atoms with Crippen LogP contribution in [0.15, 0.2) is 18.2 Å². The van der Waals surface area contributed by atoms with Crippen LogP contribution in [0.4, 0.5) is 0 Å². The highest BCUT2D eigenvalue weighted by molar-refractivity contribution is 7.87. The summed E-state index contributed by atoms with van der Waals surface area (Å²) in [7, 11) is -2.30. The van der Waals surface area contributed by atoms with Crippen molar-refractivity contribution in [2.75, 3.05) is 20.4 Å². The van der Waals surface area contributed by atoms with Crippen LogP contribution in [0.5, 0.6) is 11.5 Å². The lowest BCUT2D eigenvalue weighted by Crippen LogP contribution is -2.58. The summed E-state index contributed by atoms with van der Waals surface area (Å²) in [5.74, 6) is 1.17. The molecule has 9 heteroatoms. The number of carbonyl (C=O) groups is 1. The first-order chi connectivity index (χ1) is 14.5. The van der Waals surface area contributed by atoms with Crippen LogP contribution < -0.4 is 14.2 Å². The summed E-state index contributed by atoms with van der Waals surface area (Å²) in [5, 5.41) is 0. The van der Waals surface area contributed by atoms with Crippen LogP contribution in [0.1, 0.15) is 58.1 Å². The quantitative estimate of drug-likeness (QED) is 0.749. The molecule has 5 rings (SSSR count). The van der Waals surface area contributed by atoms with E-state index in [-0.39, 0.29) is 29.6 Å². The molecule has 31 heavy (non-hydrogen) atoms. The second-order valence-corrected chi connectivity index (χ2v) is 12.5. The first-order valence-electron chi connectivity index (χ1n) is 10.9. The Labute approximate surface area is 184 Å². The van der Waals surface area contributed by atoms with Gasteiger partial charge < -0.3 is 14.4 Å². The van der Waals surface area contributed by atoms with Crippen LogP contribution in [0.2, 0.25) is 0 Å². The smallest absolute Gasteiger partial charge is 0.280 e. The molecule has 1 aromatic rings. The van der Waals surface area contributed by atoms with E-state index in [1.54, 1.807) is 12.1 Å². The van der Waals surface area contributed by atoms with Crippen molar-refractivity contribution in [1.82, 2.24) is 13.9 Å². The van der Waals surface area contributed by atoms with E-state index in [2.05, 4.69) is 25.5 Å². The molecule has 1 amide bonds. The molecule has 0 aromatic heterocycles. The Morgan fingerprint density at radius 3 is 2.68 bits per heavy atom. The highest BCUT2D eigenvalue weighted by Gasteiger charge is 2.53. The number of likely N-dealkylation sites (tertiary alicyclic amines) is 1. The van der Waals surface area contributed by atoms with Crippen molar-refractivity contribution in [2.45, 2.75) is 64.6 Å². The van der Waals surface area contributed by atoms with Crippen LogP contribution in [-0.4, -0.2) is 56.0 Å². The van der Waals surface area contributed by atoms with Gasteiger partial charge in [0.05, 0.1) is 6.04 Å². The van der Waals surface area contributed by atoms with Crippen LogP contribution in [-0.2, 0) is 15.0 Å². The van der Waals surface area contributed by atoms with Crippen LogP contribution in [0, 0.1) is 10.8 Å². The number of rotatable bonds is 2. The van der Waals surface area contributed by atoms with Crippen LogP contribution in [0.3, 0.4) is 0 Å². The van der Waals surface area contributed by atoms with Crippen molar-refractivity contribution in [3.8, 4) is 11.5 Å². The molecular formula is C22H31N3O5S. The second-order valence-electron chi connectivity index (χ2n) is 10.7. The maximum atomic E-state index is 13.7. The first kappa shape index (κ1) is 21.0. The average molecular weight is 450 g/mol. The molecule has 3 aliphatic heterocycles. The Hall–Kier alpha value is -1.84. The Bertz CT molecular complexity index is 1030. The van der Waals surface area contributed by atoms with Crippen molar-refractivity contribution >= 4 is 16.1 Å². The molecule has 4 unspecified atom stereocenters. The zero-order valence-corrected chi connectivity index (χ0v) is 19.4. The molecule has 1 N–H and O–H groups in total. The number of amides is 1. The van der Waals surface area contributed by atoms with E-state index in [1.807, 2.05) is 11.0 Å². The van der Waals surface area contributed by atoms with E-state index >= 15 is 0 Å². The van der Waals surface area contributed by atoms with Crippen LogP contribution >= 0.6 is 0 Å². The van der Waals surface area contributed by atoms with Gasteiger partial charge in [-0.05, 0) is 54.2 Å². The molecule has 1 aliphatic carbocycles. The van der Waals surface area contributed by atoms with Gasteiger partial charge in [-0.15, -0.1) is 0 Å². The van der Waals surface area contributed by atoms with Gasteiger partial charge in [0, 0.05) is 19.6 Å². The van der Waals surface area contributed by atoms with Gasteiger partial charge in [-0.2, -0.15) is 17.4 Å². The molecule has 2 bridgehead atoms. The molecule has 0 spiro atoms. The van der Waals surface area contributed by atoms with Crippen molar-refractivity contribution in [3.63, 3.8) is 0 Å². The summed E-state index contributed by atoms with van der Waals surface area (Å²) in [5.41, 5.74) is 1.06. The SMILES string of the molecule is CN1C(C(=O)N2CC3(C)CC2CC(C)(C)C3)CC(c2ccc3c(c2)OCO3)NS1(=O)=O. The third kappa shape index (κ3) is 3.60. The number of nitrogens with one attached hydrogen (secondary N) is 1. The summed E-state index contributed by atoms with van der Waals surface area (Å²) in [6.45, 7) is 7.65. The minimum absolute atomic E-state index is 0.0789. The fourth-order valence-corrected chi connectivity index (χ4v) is 7.62. The topological polar surface area (TPSA) is 88.2 Å². The minimum Gasteiger partial charge on any atom is -0.454 e. The maximum Gasteiger partial charge on any atom is 0.280 e. The van der Waals surface area contributed by atoms with Gasteiger partial charge in [0.25, 0.3) is 10.2 Å². The molecule has 4 atom stereocenters. The van der Waals surface area contributed by atoms with Crippen molar-refractivity contribution in [2.24, 2.45) is 10.8 Å². The third-order valence-electron chi connectivity index (χ3n) is 7.35. The lowest BCUT2D eigenvalue weighted by molar-refractivity contribution is -0.137. The molecule has 2 saturated heterocycles. The third-order valence-corrected chi connectivity index (χ3v) is 8.95. The molecule has 1 saturated carbocycles. The molecule has 1 aromatic carbocycles. The predicted molar refractivity (Wildman–Crippen MR) is 115 cm³/mol. The highest BCUT2D eigenvalue weighted by Crippen LogP contribution is 2.53. The summed E-state index contributed by atoms with van der Waals surface area (Å²) in [4.78, 5) is 15.7. The van der Waals surface area contributed by atoms with E-state index in [4.69, 9.17) is 9.47 Å². The number of carbonyl (C=O) groups excluding carboxylic acids is 1. The lowest BCUT2D eigenvalue weighted by atomic mass is 9.65. The van der Waals surface area contributed by atoms with Gasteiger partial charge in [0.15, 0.2) is 11.5 Å². The molecule has 170 valence electrons. The van der Waals surface area contributed by atoms with Gasteiger partial charge in [-0.3, -0.25) is 4.79 Å². The normalized spacial score (nSPS) is 35.9. The summed E-state index contributed by atoms with van der Waals surface area (Å²) < 4.78 is 40.6. The fraction of sp³-hybridized carbons (Fsp3) is 0.682. The molecule has 4 aliphatic rings. The Kier molecular flexibility index (Phi) is 4.63. The Morgan fingerprint density at radius 2 is 1.90 bits per heavy atom.